The lowest BCUT2D eigenvalue weighted by Gasteiger charge is -2.08. The van der Waals surface area contributed by atoms with Crippen molar-refractivity contribution in [3.05, 3.63) is 72.3 Å². The third kappa shape index (κ3) is 3.08. The number of nitriles is 1. The van der Waals surface area contributed by atoms with E-state index in [4.69, 9.17) is 14.4 Å². The summed E-state index contributed by atoms with van der Waals surface area (Å²) >= 11 is 0. The number of nitrogens with one attached hydrogen (secondary N) is 1. The smallest absolute Gasteiger partial charge is 0.262 e. The van der Waals surface area contributed by atoms with Crippen molar-refractivity contribution in [3.8, 4) is 11.8 Å². The predicted molar refractivity (Wildman–Crippen MR) is 99.0 cm³/mol. The SMILES string of the molecule is N#Cc1cccc(OCC(=O)Nc2ccc3oc4ccccc4c3c2)c1. The number of benzene rings is 3. The first-order chi connectivity index (χ1) is 12.7. The number of anilines is 1. The summed E-state index contributed by atoms with van der Waals surface area (Å²) in [5, 5.41) is 13.7. The van der Waals surface area contributed by atoms with Crippen molar-refractivity contribution in [1.29, 1.82) is 5.26 Å². The molecule has 5 nitrogen and oxygen atoms in total. The Bertz CT molecular complexity index is 1150. The highest BCUT2D eigenvalue weighted by Gasteiger charge is 2.09. The van der Waals surface area contributed by atoms with Gasteiger partial charge in [0.05, 0.1) is 11.6 Å². The second kappa shape index (κ2) is 6.61. The van der Waals surface area contributed by atoms with Gasteiger partial charge in [0.1, 0.15) is 16.9 Å². The maximum absolute atomic E-state index is 12.2. The third-order valence-corrected chi connectivity index (χ3v) is 3.99. The number of carbonyl (C=O) groups is 1. The summed E-state index contributed by atoms with van der Waals surface area (Å²) in [6.45, 7) is -0.140. The van der Waals surface area contributed by atoms with Crippen LogP contribution in [0.1, 0.15) is 5.56 Å². The molecule has 0 unspecified atom stereocenters. The minimum absolute atomic E-state index is 0.140. The summed E-state index contributed by atoms with van der Waals surface area (Å²) in [5.41, 5.74) is 2.74. The molecule has 1 aromatic heterocycles. The fourth-order valence-electron chi connectivity index (χ4n) is 2.81. The molecular weight excluding hydrogens is 328 g/mol. The largest absolute Gasteiger partial charge is 0.484 e. The Morgan fingerprint density at radius 2 is 1.85 bits per heavy atom. The number of amides is 1. The van der Waals surface area contributed by atoms with E-state index in [1.54, 1.807) is 30.3 Å². The van der Waals surface area contributed by atoms with Crippen LogP contribution in [0, 0.1) is 11.3 Å². The fourth-order valence-corrected chi connectivity index (χ4v) is 2.81. The number of rotatable bonds is 4. The van der Waals surface area contributed by atoms with Crippen LogP contribution in [0.2, 0.25) is 0 Å². The molecule has 0 aliphatic rings. The summed E-state index contributed by atoms with van der Waals surface area (Å²) in [6, 6.07) is 22.0. The van der Waals surface area contributed by atoms with E-state index in [2.05, 4.69) is 5.32 Å². The Balaban J connectivity index is 1.48. The van der Waals surface area contributed by atoms with Crippen LogP contribution >= 0.6 is 0 Å². The molecular formula is C21H14N2O3. The lowest BCUT2D eigenvalue weighted by atomic mass is 10.1. The first kappa shape index (κ1) is 15.7. The molecule has 0 saturated heterocycles. The van der Waals surface area contributed by atoms with E-state index in [1.165, 1.54) is 0 Å². The van der Waals surface area contributed by atoms with E-state index in [9.17, 15) is 4.79 Å². The number of hydrogen-bond donors (Lipinski definition) is 1. The molecule has 0 aliphatic heterocycles. The summed E-state index contributed by atoms with van der Waals surface area (Å²) in [5.74, 6) is 0.204. The van der Waals surface area contributed by atoms with Crippen LogP contribution in [0.4, 0.5) is 5.69 Å². The topological polar surface area (TPSA) is 75.3 Å². The molecule has 126 valence electrons. The number of nitrogens with zero attached hydrogens (tertiary/aromatic N) is 1. The predicted octanol–water partition coefficient (Wildman–Crippen LogP) is 4.48. The van der Waals surface area contributed by atoms with E-state index in [-0.39, 0.29) is 12.5 Å². The van der Waals surface area contributed by atoms with Crippen molar-refractivity contribution in [2.75, 3.05) is 11.9 Å². The van der Waals surface area contributed by atoms with Crippen LogP contribution < -0.4 is 10.1 Å². The van der Waals surface area contributed by atoms with Gasteiger partial charge in [0, 0.05) is 16.5 Å². The van der Waals surface area contributed by atoms with Crippen LogP contribution in [0.25, 0.3) is 21.9 Å². The van der Waals surface area contributed by atoms with Gasteiger partial charge >= 0.3 is 0 Å². The van der Waals surface area contributed by atoms with E-state index in [0.29, 0.717) is 17.0 Å². The van der Waals surface area contributed by atoms with Crippen molar-refractivity contribution in [2.24, 2.45) is 0 Å². The van der Waals surface area contributed by atoms with Gasteiger partial charge < -0.3 is 14.5 Å². The van der Waals surface area contributed by atoms with Crippen LogP contribution in [-0.2, 0) is 4.79 Å². The number of para-hydroxylation sites is 1. The van der Waals surface area contributed by atoms with Gasteiger partial charge in [-0.2, -0.15) is 5.26 Å². The highest BCUT2D eigenvalue weighted by atomic mass is 16.5. The van der Waals surface area contributed by atoms with Crippen LogP contribution in [0.15, 0.2) is 71.1 Å². The zero-order chi connectivity index (χ0) is 17.9. The average Bonchev–Trinajstić information content (AvgIpc) is 3.05. The maximum Gasteiger partial charge on any atom is 0.262 e. The molecule has 1 N–H and O–H groups in total. The molecule has 0 aliphatic carbocycles. The van der Waals surface area contributed by atoms with Crippen LogP contribution in [-0.4, -0.2) is 12.5 Å². The monoisotopic (exact) mass is 342 g/mol. The van der Waals surface area contributed by atoms with E-state index in [1.807, 2.05) is 42.5 Å². The van der Waals surface area contributed by atoms with Gasteiger partial charge in [-0.25, -0.2) is 0 Å². The molecule has 1 heterocycles. The van der Waals surface area contributed by atoms with Crippen molar-refractivity contribution < 1.29 is 13.9 Å². The number of ether oxygens (including phenoxy) is 1. The summed E-state index contributed by atoms with van der Waals surface area (Å²) < 4.78 is 11.2. The Morgan fingerprint density at radius 1 is 1.00 bits per heavy atom. The minimum atomic E-state index is -0.278. The Labute approximate surface area is 149 Å². The molecule has 0 radical (unpaired) electrons. The van der Waals surface area contributed by atoms with Gasteiger partial charge in [-0.1, -0.05) is 24.3 Å². The Hall–Kier alpha value is -3.78. The molecule has 0 spiro atoms. The zero-order valence-electron chi connectivity index (χ0n) is 13.7. The van der Waals surface area contributed by atoms with Crippen molar-refractivity contribution in [3.63, 3.8) is 0 Å². The van der Waals surface area contributed by atoms with Gasteiger partial charge in [-0.05, 0) is 42.5 Å². The minimum Gasteiger partial charge on any atom is -0.484 e. The van der Waals surface area contributed by atoms with Gasteiger partial charge in [0.15, 0.2) is 6.61 Å². The standard InChI is InChI=1S/C21H14N2O3/c22-12-14-4-3-5-16(10-14)25-13-21(24)23-15-8-9-20-18(11-15)17-6-1-2-7-19(17)26-20/h1-11H,13H2,(H,23,24). The highest BCUT2D eigenvalue weighted by molar-refractivity contribution is 6.07. The molecule has 4 rings (SSSR count). The highest BCUT2D eigenvalue weighted by Crippen LogP contribution is 2.30. The second-order valence-electron chi connectivity index (χ2n) is 5.79. The quantitative estimate of drug-likeness (QED) is 0.593. The van der Waals surface area contributed by atoms with E-state index < -0.39 is 0 Å². The normalized spacial score (nSPS) is 10.6. The van der Waals surface area contributed by atoms with Gasteiger partial charge in [-0.15, -0.1) is 0 Å². The second-order valence-corrected chi connectivity index (χ2v) is 5.79. The first-order valence-corrected chi connectivity index (χ1v) is 8.07. The molecule has 1 amide bonds. The maximum atomic E-state index is 12.2. The molecule has 0 atom stereocenters. The Morgan fingerprint density at radius 3 is 2.73 bits per heavy atom. The van der Waals surface area contributed by atoms with Crippen molar-refractivity contribution in [1.82, 2.24) is 0 Å². The van der Waals surface area contributed by atoms with E-state index in [0.717, 1.165) is 21.9 Å². The molecule has 5 heteroatoms. The Kier molecular flexibility index (Phi) is 4.00. The number of hydrogen-bond acceptors (Lipinski definition) is 4. The summed E-state index contributed by atoms with van der Waals surface area (Å²) in [6.07, 6.45) is 0. The molecule has 0 saturated carbocycles. The number of carbonyl (C=O) groups excluding carboxylic acids is 1. The van der Waals surface area contributed by atoms with E-state index >= 15 is 0 Å². The molecule has 4 aromatic rings. The van der Waals surface area contributed by atoms with Crippen molar-refractivity contribution >= 4 is 33.5 Å². The third-order valence-electron chi connectivity index (χ3n) is 3.99. The van der Waals surface area contributed by atoms with Crippen LogP contribution in [0.5, 0.6) is 5.75 Å². The molecule has 3 aromatic carbocycles. The number of fused-ring (bicyclic) bond motifs is 3. The van der Waals surface area contributed by atoms with Gasteiger partial charge in [0.2, 0.25) is 0 Å². The lowest BCUT2D eigenvalue weighted by Crippen LogP contribution is -2.20. The lowest BCUT2D eigenvalue weighted by molar-refractivity contribution is -0.118. The van der Waals surface area contributed by atoms with Gasteiger partial charge in [0.25, 0.3) is 5.91 Å². The zero-order valence-corrected chi connectivity index (χ0v) is 13.7. The summed E-state index contributed by atoms with van der Waals surface area (Å²) in [7, 11) is 0. The average molecular weight is 342 g/mol. The molecule has 26 heavy (non-hydrogen) atoms. The summed E-state index contributed by atoms with van der Waals surface area (Å²) in [4.78, 5) is 12.2. The van der Waals surface area contributed by atoms with Crippen LogP contribution in [0.3, 0.4) is 0 Å². The molecule has 0 bridgehead atoms. The van der Waals surface area contributed by atoms with Gasteiger partial charge in [-0.3, -0.25) is 4.79 Å². The number of furan rings is 1. The fraction of sp³-hybridized carbons (Fsp3) is 0.0476. The molecule has 0 fully saturated rings. The first-order valence-electron chi connectivity index (χ1n) is 8.07. The van der Waals surface area contributed by atoms with Crippen molar-refractivity contribution in [2.45, 2.75) is 0 Å².